The van der Waals surface area contributed by atoms with Gasteiger partial charge < -0.3 is 19.9 Å². The Labute approximate surface area is 155 Å². The van der Waals surface area contributed by atoms with Crippen molar-refractivity contribution in [3.8, 4) is 5.75 Å². The first-order valence-electron chi connectivity index (χ1n) is 9.95. The highest BCUT2D eigenvalue weighted by molar-refractivity contribution is 5.82. The van der Waals surface area contributed by atoms with Gasteiger partial charge in [-0.05, 0) is 49.9 Å². The first kappa shape index (κ1) is 17.3. The summed E-state index contributed by atoms with van der Waals surface area (Å²) in [6, 6.07) is 8.81. The zero-order valence-electron chi connectivity index (χ0n) is 15.6. The average molecular weight is 355 g/mol. The van der Waals surface area contributed by atoms with E-state index in [1.54, 1.807) is 7.11 Å². The number of H-pyrrole nitrogens is 1. The predicted octanol–water partition coefficient (Wildman–Crippen LogP) is 4.40. The van der Waals surface area contributed by atoms with Crippen LogP contribution in [0.2, 0.25) is 0 Å². The van der Waals surface area contributed by atoms with Crippen molar-refractivity contribution < 1.29 is 9.53 Å². The summed E-state index contributed by atoms with van der Waals surface area (Å²) in [5.41, 5.74) is 2.35. The van der Waals surface area contributed by atoms with Crippen LogP contribution in [0.3, 0.4) is 0 Å². The quantitative estimate of drug-likeness (QED) is 0.857. The van der Waals surface area contributed by atoms with Crippen LogP contribution in [-0.4, -0.2) is 42.2 Å². The summed E-state index contributed by atoms with van der Waals surface area (Å²) in [6.07, 6.45) is 8.24. The number of amides is 2. The maximum atomic E-state index is 12.7. The number of carbonyl (C=O) groups excluding carboxylic acids is 1. The minimum atomic E-state index is 0.124. The van der Waals surface area contributed by atoms with E-state index >= 15 is 0 Å². The third-order valence-corrected chi connectivity index (χ3v) is 5.93. The Balaban J connectivity index is 1.43. The van der Waals surface area contributed by atoms with Crippen LogP contribution in [0.5, 0.6) is 5.75 Å². The van der Waals surface area contributed by atoms with Gasteiger partial charge in [0.1, 0.15) is 5.75 Å². The highest BCUT2D eigenvalue weighted by atomic mass is 16.5. The number of nitrogens with zero attached hydrogens (tertiary/aromatic N) is 1. The number of hydrogen-bond donors (Lipinski definition) is 2. The molecule has 0 bridgehead atoms. The Morgan fingerprint density at radius 2 is 2.00 bits per heavy atom. The fourth-order valence-corrected chi connectivity index (χ4v) is 4.41. The molecular weight excluding hydrogens is 326 g/mol. The smallest absolute Gasteiger partial charge is 0.317 e. The maximum absolute atomic E-state index is 12.7. The van der Waals surface area contributed by atoms with E-state index in [9.17, 15) is 4.79 Å². The monoisotopic (exact) mass is 355 g/mol. The lowest BCUT2D eigenvalue weighted by molar-refractivity contribution is 0.172. The summed E-state index contributed by atoms with van der Waals surface area (Å²) >= 11 is 0. The minimum Gasteiger partial charge on any atom is -0.497 e. The van der Waals surface area contributed by atoms with Gasteiger partial charge in [0.05, 0.1) is 7.11 Å². The second-order valence-corrected chi connectivity index (χ2v) is 7.75. The van der Waals surface area contributed by atoms with Crippen LogP contribution in [0.4, 0.5) is 4.79 Å². The van der Waals surface area contributed by atoms with Gasteiger partial charge in [-0.25, -0.2) is 4.79 Å². The molecule has 2 fully saturated rings. The Hall–Kier alpha value is -2.17. The SMILES string of the molecule is COc1ccc2[nH]c(C3CCCN(C(=O)NC4CCCCC4)C3)cc2c1. The molecule has 4 rings (SSSR count). The number of carbonyl (C=O) groups is 1. The number of fused-ring (bicyclic) bond motifs is 1. The van der Waals surface area contributed by atoms with Crippen LogP contribution >= 0.6 is 0 Å². The van der Waals surface area contributed by atoms with Gasteiger partial charge in [-0.15, -0.1) is 0 Å². The molecule has 1 aliphatic heterocycles. The number of hydrogen-bond acceptors (Lipinski definition) is 2. The van der Waals surface area contributed by atoms with Crippen LogP contribution in [0.25, 0.3) is 10.9 Å². The fraction of sp³-hybridized carbons (Fsp3) is 0.571. The van der Waals surface area contributed by atoms with E-state index in [4.69, 9.17) is 4.74 Å². The Kier molecular flexibility index (Phi) is 5.05. The number of nitrogens with one attached hydrogen (secondary N) is 2. The lowest BCUT2D eigenvalue weighted by atomic mass is 9.94. The Morgan fingerprint density at radius 3 is 2.81 bits per heavy atom. The molecule has 1 aromatic carbocycles. The molecule has 5 heteroatoms. The number of piperidine rings is 1. The summed E-state index contributed by atoms with van der Waals surface area (Å²) in [5, 5.41) is 4.43. The van der Waals surface area contributed by atoms with Gasteiger partial charge in [0.25, 0.3) is 0 Å². The van der Waals surface area contributed by atoms with E-state index in [0.29, 0.717) is 12.0 Å². The third kappa shape index (κ3) is 3.67. The van der Waals surface area contributed by atoms with E-state index in [1.165, 1.54) is 30.3 Å². The van der Waals surface area contributed by atoms with Crippen LogP contribution in [-0.2, 0) is 0 Å². The van der Waals surface area contributed by atoms with Crippen LogP contribution in [0.15, 0.2) is 24.3 Å². The van der Waals surface area contributed by atoms with Gasteiger partial charge in [-0.2, -0.15) is 0 Å². The summed E-state index contributed by atoms with van der Waals surface area (Å²) in [7, 11) is 1.69. The standard InChI is InChI=1S/C21H29N3O2/c1-26-18-9-10-19-16(12-18)13-20(23-19)15-6-5-11-24(14-15)21(25)22-17-7-3-2-4-8-17/h9-10,12-13,15,17,23H,2-8,11,14H2,1H3,(H,22,25). The summed E-state index contributed by atoms with van der Waals surface area (Å²) < 4.78 is 5.32. The molecule has 140 valence electrons. The molecule has 2 amide bonds. The molecular formula is C21H29N3O2. The first-order valence-corrected chi connectivity index (χ1v) is 9.95. The van der Waals surface area contributed by atoms with Gasteiger partial charge >= 0.3 is 6.03 Å². The normalized spacial score (nSPS) is 21.7. The van der Waals surface area contributed by atoms with Gasteiger partial charge in [0.15, 0.2) is 0 Å². The number of urea groups is 1. The van der Waals surface area contributed by atoms with Crippen LogP contribution < -0.4 is 10.1 Å². The molecule has 2 heterocycles. The van der Waals surface area contributed by atoms with Crippen molar-refractivity contribution in [3.05, 3.63) is 30.0 Å². The number of likely N-dealkylation sites (tertiary alicyclic amines) is 1. The predicted molar refractivity (Wildman–Crippen MR) is 104 cm³/mol. The molecule has 26 heavy (non-hydrogen) atoms. The number of rotatable bonds is 3. The third-order valence-electron chi connectivity index (χ3n) is 5.93. The lowest BCUT2D eigenvalue weighted by Crippen LogP contribution is -2.48. The average Bonchev–Trinajstić information content (AvgIpc) is 3.12. The van der Waals surface area contributed by atoms with Gasteiger partial charge in [-0.1, -0.05) is 19.3 Å². The van der Waals surface area contributed by atoms with Crippen molar-refractivity contribution in [2.75, 3.05) is 20.2 Å². The van der Waals surface area contributed by atoms with Crippen molar-refractivity contribution >= 4 is 16.9 Å². The number of ether oxygens (including phenoxy) is 1. The maximum Gasteiger partial charge on any atom is 0.317 e. The largest absolute Gasteiger partial charge is 0.497 e. The summed E-state index contributed by atoms with van der Waals surface area (Å²) in [5.74, 6) is 1.25. The van der Waals surface area contributed by atoms with Crippen LogP contribution in [0.1, 0.15) is 56.6 Å². The topological polar surface area (TPSA) is 57.4 Å². The molecule has 2 aliphatic rings. The molecule has 1 aromatic heterocycles. The molecule has 1 saturated carbocycles. The van der Waals surface area contributed by atoms with E-state index in [2.05, 4.69) is 28.5 Å². The minimum absolute atomic E-state index is 0.124. The molecule has 5 nitrogen and oxygen atoms in total. The van der Waals surface area contributed by atoms with Crippen molar-refractivity contribution in [2.24, 2.45) is 0 Å². The van der Waals surface area contributed by atoms with E-state index in [0.717, 1.165) is 50.0 Å². The molecule has 2 N–H and O–H groups in total. The highest BCUT2D eigenvalue weighted by Gasteiger charge is 2.27. The van der Waals surface area contributed by atoms with E-state index < -0.39 is 0 Å². The molecule has 0 radical (unpaired) electrons. The molecule has 1 atom stereocenters. The van der Waals surface area contributed by atoms with Crippen molar-refractivity contribution in [1.82, 2.24) is 15.2 Å². The van der Waals surface area contributed by atoms with Gasteiger partial charge in [0.2, 0.25) is 0 Å². The zero-order chi connectivity index (χ0) is 17.9. The first-order chi connectivity index (χ1) is 12.7. The van der Waals surface area contributed by atoms with E-state index in [-0.39, 0.29) is 6.03 Å². The Morgan fingerprint density at radius 1 is 1.15 bits per heavy atom. The second kappa shape index (κ2) is 7.60. The molecule has 0 spiro atoms. The molecule has 2 aromatic rings. The summed E-state index contributed by atoms with van der Waals surface area (Å²) in [4.78, 5) is 18.2. The molecule has 1 saturated heterocycles. The number of aromatic amines is 1. The summed E-state index contributed by atoms with van der Waals surface area (Å²) in [6.45, 7) is 1.66. The number of aromatic nitrogens is 1. The van der Waals surface area contributed by atoms with Crippen molar-refractivity contribution in [2.45, 2.75) is 56.9 Å². The van der Waals surface area contributed by atoms with Crippen molar-refractivity contribution in [3.63, 3.8) is 0 Å². The van der Waals surface area contributed by atoms with Crippen molar-refractivity contribution in [1.29, 1.82) is 0 Å². The highest BCUT2D eigenvalue weighted by Crippen LogP contribution is 2.30. The van der Waals surface area contributed by atoms with E-state index in [1.807, 2.05) is 11.0 Å². The van der Waals surface area contributed by atoms with Gasteiger partial charge in [-0.3, -0.25) is 0 Å². The number of benzene rings is 1. The lowest BCUT2D eigenvalue weighted by Gasteiger charge is -2.34. The number of methoxy groups -OCH3 is 1. The Bertz CT molecular complexity index is 764. The second-order valence-electron chi connectivity index (χ2n) is 7.75. The van der Waals surface area contributed by atoms with Crippen LogP contribution in [0, 0.1) is 0 Å². The molecule has 1 unspecified atom stereocenters. The fourth-order valence-electron chi connectivity index (χ4n) is 4.41. The molecule has 1 aliphatic carbocycles. The van der Waals surface area contributed by atoms with Gasteiger partial charge in [0, 0.05) is 41.6 Å². The zero-order valence-corrected chi connectivity index (χ0v) is 15.6.